The third-order valence-electron chi connectivity index (χ3n) is 7.14. The lowest BCUT2D eigenvalue weighted by Crippen LogP contribution is -2.42. The van der Waals surface area contributed by atoms with E-state index in [2.05, 4.69) is 32.0 Å². The summed E-state index contributed by atoms with van der Waals surface area (Å²) in [5, 5.41) is 0.919. The average Bonchev–Trinajstić information content (AvgIpc) is 3.48. The minimum Gasteiger partial charge on any atom is -0.372 e. The largest absolute Gasteiger partial charge is 0.372 e. The van der Waals surface area contributed by atoms with Crippen molar-refractivity contribution in [1.82, 2.24) is 24.4 Å². The quantitative estimate of drug-likeness (QED) is 0.505. The van der Waals surface area contributed by atoms with E-state index in [0.29, 0.717) is 18.7 Å². The summed E-state index contributed by atoms with van der Waals surface area (Å²) in [6.07, 6.45) is 9.02. The first-order valence-electron chi connectivity index (χ1n) is 11.9. The average molecular weight is 445 g/mol. The number of nitrogens with zero attached hydrogens (tertiary/aromatic N) is 4. The van der Waals surface area contributed by atoms with Gasteiger partial charge in [0.15, 0.2) is 0 Å². The lowest BCUT2D eigenvalue weighted by atomic mass is 10.0. The zero-order valence-electron chi connectivity index (χ0n) is 18.6. The Hall–Kier alpha value is -3.55. The summed E-state index contributed by atoms with van der Waals surface area (Å²) in [7, 11) is 0. The summed E-state index contributed by atoms with van der Waals surface area (Å²) < 4.78 is 1.83. The minimum atomic E-state index is -0.148. The molecule has 2 saturated heterocycles. The molecule has 0 aliphatic carbocycles. The van der Waals surface area contributed by atoms with Gasteiger partial charge < -0.3 is 19.8 Å². The van der Waals surface area contributed by atoms with Gasteiger partial charge >= 0.3 is 5.69 Å². The molecular weight excluding hydrogens is 416 g/mol. The number of hydrogen-bond acceptors (Lipinski definition) is 4. The highest BCUT2D eigenvalue weighted by Crippen LogP contribution is 2.29. The molecule has 0 saturated carbocycles. The molecule has 2 fully saturated rings. The Labute approximate surface area is 191 Å². The smallest absolute Gasteiger partial charge is 0.326 e. The van der Waals surface area contributed by atoms with Crippen LogP contribution in [-0.4, -0.2) is 56.5 Å². The van der Waals surface area contributed by atoms with Gasteiger partial charge in [0.25, 0.3) is 5.91 Å². The number of rotatable bonds is 3. The maximum absolute atomic E-state index is 13.3. The molecule has 0 bridgehead atoms. The summed E-state index contributed by atoms with van der Waals surface area (Å²) in [6.45, 7) is 3.41. The van der Waals surface area contributed by atoms with E-state index in [4.69, 9.17) is 0 Å². The number of aromatic nitrogens is 4. The molecule has 0 spiro atoms. The maximum Gasteiger partial charge on any atom is 0.326 e. The number of nitrogens with one attached hydrogen (secondary N) is 2. The van der Waals surface area contributed by atoms with Crippen LogP contribution in [0.3, 0.4) is 0 Å². The Bertz CT molecular complexity index is 1360. The molecule has 4 aromatic rings. The lowest BCUT2D eigenvalue weighted by Gasteiger charge is -2.33. The molecule has 1 aromatic carbocycles. The van der Waals surface area contributed by atoms with Crippen molar-refractivity contribution in [2.24, 2.45) is 0 Å². The fourth-order valence-electron chi connectivity index (χ4n) is 5.47. The van der Waals surface area contributed by atoms with E-state index in [9.17, 15) is 9.59 Å². The highest BCUT2D eigenvalue weighted by Gasteiger charge is 2.28. The highest BCUT2D eigenvalue weighted by molar-refractivity contribution is 6.01. The number of imidazole rings is 1. The lowest BCUT2D eigenvalue weighted by molar-refractivity contribution is 0.0680. The topological polar surface area (TPSA) is 90.0 Å². The van der Waals surface area contributed by atoms with Crippen LogP contribution in [0.15, 0.2) is 47.5 Å². The zero-order valence-corrected chi connectivity index (χ0v) is 18.6. The Morgan fingerprint density at radius 1 is 1.00 bits per heavy atom. The Balaban J connectivity index is 1.26. The van der Waals surface area contributed by atoms with Gasteiger partial charge in [0.05, 0.1) is 23.3 Å². The van der Waals surface area contributed by atoms with E-state index >= 15 is 0 Å². The molecule has 33 heavy (non-hydrogen) atoms. The van der Waals surface area contributed by atoms with Crippen LogP contribution in [0.1, 0.15) is 48.5 Å². The second kappa shape index (κ2) is 8.10. The van der Waals surface area contributed by atoms with E-state index in [1.54, 1.807) is 6.20 Å². The van der Waals surface area contributed by atoms with Crippen molar-refractivity contribution in [2.45, 2.75) is 38.1 Å². The monoisotopic (exact) mass is 444 g/mol. The first kappa shape index (κ1) is 20.1. The molecule has 6 rings (SSSR count). The molecule has 8 nitrogen and oxygen atoms in total. The Morgan fingerprint density at radius 2 is 1.82 bits per heavy atom. The molecule has 0 radical (unpaired) electrons. The minimum absolute atomic E-state index is 0.0336. The van der Waals surface area contributed by atoms with Gasteiger partial charge in [-0.15, -0.1) is 0 Å². The first-order valence-corrected chi connectivity index (χ1v) is 11.9. The van der Waals surface area contributed by atoms with E-state index < -0.39 is 0 Å². The van der Waals surface area contributed by atoms with E-state index in [1.165, 1.54) is 24.9 Å². The van der Waals surface area contributed by atoms with E-state index in [0.717, 1.165) is 48.0 Å². The van der Waals surface area contributed by atoms with Crippen molar-refractivity contribution in [3.63, 3.8) is 0 Å². The molecule has 1 amide bonds. The van der Waals surface area contributed by atoms with E-state index in [1.807, 2.05) is 33.9 Å². The third kappa shape index (κ3) is 3.50. The number of hydrogen-bond donors (Lipinski definition) is 2. The molecule has 170 valence electrons. The number of anilines is 1. The van der Waals surface area contributed by atoms with Gasteiger partial charge in [-0.1, -0.05) is 0 Å². The van der Waals surface area contributed by atoms with Gasteiger partial charge in [-0.25, -0.2) is 9.78 Å². The van der Waals surface area contributed by atoms with Crippen LogP contribution in [-0.2, 0) is 0 Å². The number of benzene rings is 1. The second-order valence-corrected chi connectivity index (χ2v) is 9.20. The van der Waals surface area contributed by atoms with Gasteiger partial charge in [-0.3, -0.25) is 9.36 Å². The highest BCUT2D eigenvalue weighted by atomic mass is 16.2. The maximum atomic E-state index is 13.3. The number of carbonyl (C=O) groups excluding carboxylic acids is 1. The predicted octanol–water partition coefficient (Wildman–Crippen LogP) is 3.67. The molecule has 2 aliphatic heterocycles. The fourth-order valence-corrected chi connectivity index (χ4v) is 5.47. The number of amides is 1. The van der Waals surface area contributed by atoms with Crippen LogP contribution < -0.4 is 10.6 Å². The van der Waals surface area contributed by atoms with Crippen molar-refractivity contribution in [1.29, 1.82) is 0 Å². The SMILES string of the molecule is O=C(c1ccc(N2CCCCC2)cc1)N1CCC[C@@H](n2c(=O)[nH]c3cnc4[nH]ccc4c32)C1. The molecule has 2 N–H and O–H groups in total. The predicted molar refractivity (Wildman–Crippen MR) is 129 cm³/mol. The van der Waals surface area contributed by atoms with Crippen molar-refractivity contribution in [3.8, 4) is 0 Å². The van der Waals surface area contributed by atoms with Crippen LogP contribution in [0, 0.1) is 0 Å². The zero-order chi connectivity index (χ0) is 22.4. The standard InChI is InChI=1S/C25H28N6O2/c32-24(17-6-8-18(9-7-17)29-12-2-1-3-13-29)30-14-4-5-19(16-30)31-22-20-10-11-26-23(20)27-15-21(22)28-25(31)33/h6-11,15,19H,1-5,12-14,16H2,(H,26,27)(H,28,33)/t19-/m1/s1. The summed E-state index contributed by atoms with van der Waals surface area (Å²) in [5.74, 6) is 0.0336. The summed E-state index contributed by atoms with van der Waals surface area (Å²) >= 11 is 0. The number of aromatic amines is 2. The van der Waals surface area contributed by atoms with Crippen LogP contribution in [0.4, 0.5) is 5.69 Å². The van der Waals surface area contributed by atoms with Gasteiger partial charge in [0, 0.05) is 49.0 Å². The molecule has 5 heterocycles. The van der Waals surface area contributed by atoms with Gasteiger partial charge in [0.1, 0.15) is 5.65 Å². The second-order valence-electron chi connectivity index (χ2n) is 9.20. The van der Waals surface area contributed by atoms with Crippen LogP contribution in [0.5, 0.6) is 0 Å². The molecule has 8 heteroatoms. The van der Waals surface area contributed by atoms with Crippen LogP contribution in [0.2, 0.25) is 0 Å². The Morgan fingerprint density at radius 3 is 2.64 bits per heavy atom. The normalized spacial score (nSPS) is 19.5. The van der Waals surface area contributed by atoms with Crippen molar-refractivity contribution >= 4 is 33.7 Å². The first-order chi connectivity index (χ1) is 16.2. The van der Waals surface area contributed by atoms with Gasteiger partial charge in [0.2, 0.25) is 0 Å². The third-order valence-corrected chi connectivity index (χ3v) is 7.14. The van der Waals surface area contributed by atoms with Crippen LogP contribution >= 0.6 is 0 Å². The van der Waals surface area contributed by atoms with E-state index in [-0.39, 0.29) is 17.6 Å². The van der Waals surface area contributed by atoms with Crippen molar-refractivity contribution in [2.75, 3.05) is 31.1 Å². The number of piperidine rings is 2. The summed E-state index contributed by atoms with van der Waals surface area (Å²) in [5.41, 5.74) is 4.09. The summed E-state index contributed by atoms with van der Waals surface area (Å²) in [4.78, 5) is 41.0. The van der Waals surface area contributed by atoms with Crippen molar-refractivity contribution < 1.29 is 4.79 Å². The summed E-state index contributed by atoms with van der Waals surface area (Å²) in [6, 6.07) is 9.91. The van der Waals surface area contributed by atoms with Crippen molar-refractivity contribution in [3.05, 3.63) is 58.8 Å². The molecule has 1 atom stereocenters. The number of likely N-dealkylation sites (tertiary alicyclic amines) is 1. The van der Waals surface area contributed by atoms with Gasteiger partial charge in [-0.2, -0.15) is 0 Å². The Kier molecular flexibility index (Phi) is 4.93. The molecular formula is C25H28N6O2. The molecule has 0 unspecified atom stereocenters. The number of pyridine rings is 1. The van der Waals surface area contributed by atoms with Gasteiger partial charge in [-0.05, 0) is 62.4 Å². The number of H-pyrrole nitrogens is 2. The molecule has 2 aliphatic rings. The molecule has 3 aromatic heterocycles. The number of carbonyl (C=O) groups is 1. The fraction of sp³-hybridized carbons (Fsp3) is 0.400. The van der Waals surface area contributed by atoms with Crippen LogP contribution in [0.25, 0.3) is 22.1 Å². The number of fused-ring (bicyclic) bond motifs is 3.